The average molecular weight is 319 g/mol. The van der Waals surface area contributed by atoms with Gasteiger partial charge in [-0.05, 0) is 28.9 Å². The van der Waals surface area contributed by atoms with Crippen molar-refractivity contribution in [2.75, 3.05) is 18.1 Å². The summed E-state index contributed by atoms with van der Waals surface area (Å²) in [6.07, 6.45) is 0. The number of aliphatic imine (C=N–C) groups is 1. The molecule has 0 saturated heterocycles. The van der Waals surface area contributed by atoms with E-state index in [9.17, 15) is 8.78 Å². The molecule has 4 nitrogen and oxygen atoms in total. The summed E-state index contributed by atoms with van der Waals surface area (Å²) in [5.41, 5.74) is 11.5. The van der Waals surface area contributed by atoms with Crippen LogP contribution in [0.25, 0.3) is 0 Å². The lowest BCUT2D eigenvalue weighted by Gasteiger charge is -2.13. The van der Waals surface area contributed by atoms with E-state index in [4.69, 9.17) is 11.5 Å². The fourth-order valence-corrected chi connectivity index (χ4v) is 1.52. The minimum atomic E-state index is -0.802. The summed E-state index contributed by atoms with van der Waals surface area (Å²) in [4.78, 5) is 3.91. The van der Waals surface area contributed by atoms with Crippen LogP contribution >= 0.6 is 15.9 Å². The number of anilines is 2. The Morgan fingerprint density at radius 3 is 2.44 bits per heavy atom. The largest absolute Gasteiger partial charge is 0.401 e. The molecule has 7 heteroatoms. The molecular formula is C11H13BrF2N4. The van der Waals surface area contributed by atoms with E-state index in [1.165, 1.54) is 7.05 Å². The number of rotatable bonds is 2. The van der Waals surface area contributed by atoms with E-state index in [0.717, 1.165) is 12.1 Å². The smallest absolute Gasteiger partial charge is 0.151 e. The molecule has 0 fully saturated rings. The second kappa shape index (κ2) is 5.81. The van der Waals surface area contributed by atoms with E-state index in [2.05, 4.69) is 26.2 Å². The second-order valence-electron chi connectivity index (χ2n) is 3.55. The molecule has 0 saturated carbocycles. The summed E-state index contributed by atoms with van der Waals surface area (Å²) >= 11 is 3.21. The molecule has 1 rings (SSSR count). The Morgan fingerprint density at radius 1 is 1.39 bits per heavy atom. The standard InChI is InChI=1S/C11H13BrF2N4/c1-5(15)9(12)11(17-2)18-10-7(14)3-6(13)4-8(10)16/h3-4H,15-16H2,1-2H3,(H,17,18). The summed E-state index contributed by atoms with van der Waals surface area (Å²) in [5.74, 6) is -1.24. The third kappa shape index (κ3) is 3.19. The van der Waals surface area contributed by atoms with E-state index in [1.807, 2.05) is 0 Å². The Kier molecular flexibility index (Phi) is 4.66. The monoisotopic (exact) mass is 318 g/mol. The van der Waals surface area contributed by atoms with Crippen molar-refractivity contribution in [3.05, 3.63) is 33.9 Å². The van der Waals surface area contributed by atoms with Gasteiger partial charge in [0.2, 0.25) is 0 Å². The number of amidine groups is 1. The highest BCUT2D eigenvalue weighted by molar-refractivity contribution is 9.12. The number of nitrogens with zero attached hydrogens (tertiary/aromatic N) is 1. The van der Waals surface area contributed by atoms with Gasteiger partial charge in [-0.2, -0.15) is 0 Å². The zero-order chi connectivity index (χ0) is 13.9. The maximum absolute atomic E-state index is 13.6. The van der Waals surface area contributed by atoms with Crippen LogP contribution in [-0.2, 0) is 0 Å². The number of benzene rings is 1. The second-order valence-corrected chi connectivity index (χ2v) is 4.34. The maximum atomic E-state index is 13.6. The van der Waals surface area contributed by atoms with E-state index in [0.29, 0.717) is 16.0 Å². The molecule has 98 valence electrons. The first-order valence-corrected chi connectivity index (χ1v) is 5.76. The molecule has 0 aliphatic carbocycles. The molecule has 0 heterocycles. The number of halogens is 3. The molecule has 0 spiro atoms. The van der Waals surface area contributed by atoms with E-state index >= 15 is 0 Å². The van der Waals surface area contributed by atoms with Crippen molar-refractivity contribution >= 4 is 33.1 Å². The van der Waals surface area contributed by atoms with Crippen molar-refractivity contribution < 1.29 is 8.78 Å². The Bertz CT molecular complexity index is 499. The molecule has 0 amide bonds. The molecule has 5 N–H and O–H groups in total. The molecule has 0 radical (unpaired) electrons. The maximum Gasteiger partial charge on any atom is 0.151 e. The molecule has 0 aliphatic rings. The van der Waals surface area contributed by atoms with Crippen molar-refractivity contribution in [2.24, 2.45) is 10.7 Å². The Balaban J connectivity index is 3.16. The summed E-state index contributed by atoms with van der Waals surface area (Å²) in [7, 11) is 1.50. The first-order chi connectivity index (χ1) is 8.36. The van der Waals surface area contributed by atoms with Gasteiger partial charge in [-0.15, -0.1) is 0 Å². The molecule has 1 aromatic rings. The minimum absolute atomic E-state index is 0.0461. The summed E-state index contributed by atoms with van der Waals surface area (Å²) in [6, 6.07) is 1.75. The van der Waals surface area contributed by atoms with E-state index in [-0.39, 0.29) is 11.4 Å². The molecule has 0 unspecified atom stereocenters. The van der Waals surface area contributed by atoms with Crippen LogP contribution in [0.3, 0.4) is 0 Å². The lowest BCUT2D eigenvalue weighted by Crippen LogP contribution is -2.17. The Labute approximate surface area is 112 Å². The number of hydrogen-bond acceptors (Lipinski definition) is 3. The quantitative estimate of drug-likeness (QED) is 0.445. The van der Waals surface area contributed by atoms with Crippen LogP contribution in [0.15, 0.2) is 27.3 Å². The van der Waals surface area contributed by atoms with Crippen LogP contribution in [0.1, 0.15) is 6.92 Å². The van der Waals surface area contributed by atoms with Gasteiger partial charge >= 0.3 is 0 Å². The van der Waals surface area contributed by atoms with Crippen molar-refractivity contribution in [3.63, 3.8) is 0 Å². The first kappa shape index (κ1) is 14.4. The Hall–Kier alpha value is -1.63. The summed E-state index contributed by atoms with van der Waals surface area (Å²) < 4.78 is 26.9. The normalized spacial score (nSPS) is 13.3. The van der Waals surface area contributed by atoms with E-state index < -0.39 is 11.6 Å². The van der Waals surface area contributed by atoms with Crippen LogP contribution in [0.5, 0.6) is 0 Å². The number of hydrogen-bond donors (Lipinski definition) is 3. The van der Waals surface area contributed by atoms with Gasteiger partial charge < -0.3 is 16.8 Å². The zero-order valence-corrected chi connectivity index (χ0v) is 11.5. The first-order valence-electron chi connectivity index (χ1n) is 4.97. The molecule has 0 aliphatic heterocycles. The number of nitrogens with two attached hydrogens (primary N) is 2. The molecule has 0 aromatic heterocycles. The highest BCUT2D eigenvalue weighted by Crippen LogP contribution is 2.25. The van der Waals surface area contributed by atoms with Gasteiger partial charge in [0.1, 0.15) is 11.7 Å². The van der Waals surface area contributed by atoms with Crippen LogP contribution in [-0.4, -0.2) is 12.9 Å². The third-order valence-electron chi connectivity index (χ3n) is 2.11. The van der Waals surface area contributed by atoms with Crippen LogP contribution in [0.4, 0.5) is 20.2 Å². The SMILES string of the molecule is CN=C(Nc1c(N)cc(F)cc1F)C(Br)=C(C)N. The summed E-state index contributed by atoms with van der Waals surface area (Å²) in [5, 5.41) is 2.67. The van der Waals surface area contributed by atoms with Gasteiger partial charge in [0, 0.05) is 18.8 Å². The fourth-order valence-electron chi connectivity index (χ4n) is 1.24. The molecule has 1 aromatic carbocycles. The van der Waals surface area contributed by atoms with Crippen molar-refractivity contribution in [2.45, 2.75) is 6.92 Å². The van der Waals surface area contributed by atoms with Gasteiger partial charge in [0.25, 0.3) is 0 Å². The van der Waals surface area contributed by atoms with Gasteiger partial charge in [-0.3, -0.25) is 4.99 Å². The predicted molar refractivity (Wildman–Crippen MR) is 73.6 cm³/mol. The lowest BCUT2D eigenvalue weighted by atomic mass is 10.2. The minimum Gasteiger partial charge on any atom is -0.401 e. The number of nitrogen functional groups attached to an aromatic ring is 1. The average Bonchev–Trinajstić information content (AvgIpc) is 2.27. The predicted octanol–water partition coefficient (Wildman–Crippen LogP) is 2.57. The summed E-state index contributed by atoms with van der Waals surface area (Å²) in [6.45, 7) is 1.65. The highest BCUT2D eigenvalue weighted by Gasteiger charge is 2.13. The van der Waals surface area contributed by atoms with Gasteiger partial charge in [-0.1, -0.05) is 0 Å². The molecule has 18 heavy (non-hydrogen) atoms. The van der Waals surface area contributed by atoms with E-state index in [1.54, 1.807) is 6.92 Å². The van der Waals surface area contributed by atoms with Gasteiger partial charge in [-0.25, -0.2) is 8.78 Å². The Morgan fingerprint density at radius 2 is 2.00 bits per heavy atom. The van der Waals surface area contributed by atoms with Crippen molar-refractivity contribution in [1.29, 1.82) is 0 Å². The number of nitrogens with one attached hydrogen (secondary N) is 1. The number of allylic oxidation sites excluding steroid dienone is 1. The van der Waals surface area contributed by atoms with Gasteiger partial charge in [0.05, 0.1) is 15.9 Å². The molecule has 0 bridgehead atoms. The van der Waals surface area contributed by atoms with Crippen LogP contribution in [0, 0.1) is 11.6 Å². The fraction of sp³-hybridized carbons (Fsp3) is 0.182. The molecular weight excluding hydrogens is 306 g/mol. The zero-order valence-electron chi connectivity index (χ0n) is 9.89. The lowest BCUT2D eigenvalue weighted by molar-refractivity contribution is 0.587. The third-order valence-corrected chi connectivity index (χ3v) is 3.11. The highest BCUT2D eigenvalue weighted by atomic mass is 79.9. The van der Waals surface area contributed by atoms with Gasteiger partial charge in [0.15, 0.2) is 5.82 Å². The molecule has 0 atom stereocenters. The van der Waals surface area contributed by atoms with Crippen molar-refractivity contribution in [1.82, 2.24) is 0 Å². The van der Waals surface area contributed by atoms with Crippen molar-refractivity contribution in [3.8, 4) is 0 Å². The van der Waals surface area contributed by atoms with Crippen LogP contribution < -0.4 is 16.8 Å². The van der Waals surface area contributed by atoms with Crippen LogP contribution in [0.2, 0.25) is 0 Å². The topological polar surface area (TPSA) is 76.4 Å².